The Balaban J connectivity index is 0. The van der Waals surface area contributed by atoms with Crippen molar-refractivity contribution < 1.29 is 153 Å². The minimum Gasteiger partial charge on any atom is -0.744 e. The van der Waals surface area contributed by atoms with Crippen LogP contribution in [0.1, 0.15) is 0 Å². The summed E-state index contributed by atoms with van der Waals surface area (Å²) in [6.45, 7) is 0. The second kappa shape index (κ2) is 16.8. The van der Waals surface area contributed by atoms with Crippen molar-refractivity contribution >= 4 is 60.7 Å². The van der Waals surface area contributed by atoms with Crippen LogP contribution in [0.15, 0.2) is 65.8 Å². The molecular formula is C18H12Au2O24S6. The zero-order valence-corrected chi connectivity index (χ0v) is 31.8. The van der Waals surface area contributed by atoms with Crippen molar-refractivity contribution in [3.63, 3.8) is 0 Å². The second-order valence-electron chi connectivity index (χ2n) is 8.01. The maximum atomic E-state index is 10.6. The molecule has 286 valence electrons. The Bertz CT molecular complexity index is 2170. The zero-order chi connectivity index (χ0) is 38.2. The Hall–Kier alpha value is -2.60. The fourth-order valence-corrected chi connectivity index (χ4v) is 8.42. The van der Waals surface area contributed by atoms with Crippen LogP contribution in [0.5, 0.6) is 34.5 Å². The van der Waals surface area contributed by atoms with Gasteiger partial charge >= 0.3 is 44.8 Å². The van der Waals surface area contributed by atoms with Gasteiger partial charge in [0.1, 0.15) is 75.4 Å². The van der Waals surface area contributed by atoms with Gasteiger partial charge in [0.05, 0.1) is 14.7 Å². The van der Waals surface area contributed by atoms with Crippen molar-refractivity contribution in [1.82, 2.24) is 0 Å². The normalized spacial score (nSPS) is 12.1. The Morgan fingerprint density at radius 2 is 0.480 bits per heavy atom. The Kier molecular flexibility index (Phi) is 16.7. The summed E-state index contributed by atoms with van der Waals surface area (Å²) in [5.41, 5.74) is 0. The molecule has 0 saturated heterocycles. The van der Waals surface area contributed by atoms with E-state index in [-0.39, 0.29) is 44.8 Å². The van der Waals surface area contributed by atoms with Gasteiger partial charge in [-0.25, -0.2) is 50.5 Å². The van der Waals surface area contributed by atoms with Crippen LogP contribution in [-0.4, -0.2) is 108 Å². The number of hydrogen-bond donors (Lipinski definition) is 6. The standard InChI is InChI=1S/3C6H6O8S2.2Au/c3*7-3-1-2-4(15(9,10)11)6(5(3)8)16(12,13)14;;/h3*1-2,7-8H,(H,9,10,11)(H,12,13,14);;/q;;;2*+3/p-6. The van der Waals surface area contributed by atoms with Crippen LogP contribution in [0.2, 0.25) is 0 Å². The zero-order valence-electron chi connectivity index (χ0n) is 22.5. The molecular weight excluding hydrogens is 1190 g/mol. The van der Waals surface area contributed by atoms with Crippen LogP contribution in [-0.2, 0) is 105 Å². The molecule has 0 aromatic heterocycles. The van der Waals surface area contributed by atoms with E-state index in [1.165, 1.54) is 0 Å². The summed E-state index contributed by atoms with van der Waals surface area (Å²) in [7, 11) is -32.0. The van der Waals surface area contributed by atoms with Gasteiger partial charge < -0.3 is 58.0 Å². The van der Waals surface area contributed by atoms with E-state index in [0.717, 1.165) is 0 Å². The van der Waals surface area contributed by atoms with E-state index < -0.39 is 125 Å². The predicted octanol–water partition coefficient (Wildman–Crippen LogP) is -3.29. The largest absolute Gasteiger partial charge is 3.00 e. The molecule has 24 nitrogen and oxygen atoms in total. The minimum atomic E-state index is -5.41. The van der Waals surface area contributed by atoms with E-state index in [2.05, 4.69) is 0 Å². The SMILES string of the molecule is O=S(=O)([O-])c1ccc(O)c(O)c1S(=O)(=O)[O-].O=S(=O)([O-])c1ccc(O)c(O)c1S(=O)(=O)[O-].O=S(=O)([O-])c1ccc(O)c(O)c1S(=O)(=O)[O-].[Au+3].[Au+3]. The number of aromatic hydroxyl groups is 6. The Morgan fingerprint density at radius 1 is 0.320 bits per heavy atom. The van der Waals surface area contributed by atoms with Crippen molar-refractivity contribution in [1.29, 1.82) is 0 Å². The molecule has 0 bridgehead atoms. The van der Waals surface area contributed by atoms with Gasteiger partial charge in [0.25, 0.3) is 0 Å². The minimum absolute atomic E-state index is 0. The molecule has 0 aliphatic heterocycles. The topological polar surface area (TPSA) is 465 Å². The van der Waals surface area contributed by atoms with E-state index in [4.69, 9.17) is 30.6 Å². The predicted molar refractivity (Wildman–Crippen MR) is 137 cm³/mol. The molecule has 0 fully saturated rings. The second-order valence-corrected chi connectivity index (χ2v) is 16.0. The molecule has 0 saturated carbocycles. The van der Waals surface area contributed by atoms with Crippen LogP contribution < -0.4 is 0 Å². The van der Waals surface area contributed by atoms with Gasteiger partial charge in [-0.2, -0.15) is 0 Å². The van der Waals surface area contributed by atoms with Crippen molar-refractivity contribution in [3.05, 3.63) is 36.4 Å². The third kappa shape index (κ3) is 12.6. The van der Waals surface area contributed by atoms with Gasteiger partial charge in [0, 0.05) is 0 Å². The molecule has 3 aromatic rings. The van der Waals surface area contributed by atoms with Crippen molar-refractivity contribution in [3.8, 4) is 34.5 Å². The molecule has 6 N–H and O–H groups in total. The molecule has 0 aliphatic carbocycles. The van der Waals surface area contributed by atoms with Crippen LogP contribution >= 0.6 is 0 Å². The number of benzene rings is 3. The summed E-state index contributed by atoms with van der Waals surface area (Å²) in [5, 5.41) is 53.8. The summed E-state index contributed by atoms with van der Waals surface area (Å²) in [6.07, 6.45) is 0. The van der Waals surface area contributed by atoms with Gasteiger partial charge in [0.15, 0.2) is 34.5 Å². The van der Waals surface area contributed by atoms with E-state index in [1.54, 1.807) is 0 Å². The van der Waals surface area contributed by atoms with Crippen LogP contribution in [0, 0.1) is 0 Å². The quantitative estimate of drug-likeness (QED) is 0.0800. The smallest absolute Gasteiger partial charge is 0.744 e. The number of rotatable bonds is 6. The van der Waals surface area contributed by atoms with Crippen molar-refractivity contribution in [2.24, 2.45) is 0 Å². The van der Waals surface area contributed by atoms with Gasteiger partial charge in [-0.3, -0.25) is 0 Å². The van der Waals surface area contributed by atoms with Gasteiger partial charge in [-0.1, -0.05) is 0 Å². The first kappa shape index (κ1) is 49.5. The Labute approximate surface area is 311 Å². The van der Waals surface area contributed by atoms with Crippen LogP contribution in [0.3, 0.4) is 0 Å². The Morgan fingerprint density at radius 3 is 0.600 bits per heavy atom. The van der Waals surface area contributed by atoms with Crippen LogP contribution in [0.4, 0.5) is 0 Å². The number of hydrogen-bond acceptors (Lipinski definition) is 24. The molecule has 0 atom stereocenters. The van der Waals surface area contributed by atoms with Gasteiger partial charge in [0.2, 0.25) is 0 Å². The van der Waals surface area contributed by atoms with Crippen molar-refractivity contribution in [2.45, 2.75) is 29.4 Å². The molecule has 3 aromatic carbocycles. The molecule has 50 heavy (non-hydrogen) atoms. The van der Waals surface area contributed by atoms with E-state index >= 15 is 0 Å². The molecule has 0 radical (unpaired) electrons. The molecule has 0 aliphatic rings. The molecule has 0 amide bonds. The number of phenolic OH excluding ortho intramolecular Hbond substituents is 6. The molecule has 3 rings (SSSR count). The third-order valence-corrected chi connectivity index (χ3v) is 10.5. The summed E-state index contributed by atoms with van der Waals surface area (Å²) >= 11 is 0. The average molecular weight is 1200 g/mol. The molecule has 32 heteroatoms. The van der Waals surface area contributed by atoms with E-state index in [1.807, 2.05) is 0 Å². The van der Waals surface area contributed by atoms with Gasteiger partial charge in [-0.15, -0.1) is 0 Å². The third-order valence-electron chi connectivity index (χ3n) is 4.78. The van der Waals surface area contributed by atoms with E-state index in [9.17, 15) is 77.8 Å². The maximum Gasteiger partial charge on any atom is 3.00 e. The molecule has 0 heterocycles. The summed E-state index contributed by atoms with van der Waals surface area (Å²) in [6, 6.07) is 2.99. The first-order valence-electron chi connectivity index (χ1n) is 10.5. The van der Waals surface area contributed by atoms with Gasteiger partial charge in [-0.05, 0) is 36.4 Å². The fraction of sp³-hybridized carbons (Fsp3) is 0. The first-order chi connectivity index (χ1) is 21.1. The number of phenols is 6. The fourth-order valence-electron chi connectivity index (χ4n) is 2.94. The van der Waals surface area contributed by atoms with Crippen molar-refractivity contribution in [2.75, 3.05) is 0 Å². The van der Waals surface area contributed by atoms with Crippen LogP contribution in [0.25, 0.3) is 0 Å². The molecule has 0 spiro atoms. The molecule has 0 unspecified atom stereocenters. The monoisotopic (exact) mass is 1200 g/mol. The summed E-state index contributed by atoms with van der Waals surface area (Å²) in [5.74, 6) is -7.48. The average Bonchev–Trinajstić information content (AvgIpc) is 2.85. The van der Waals surface area contributed by atoms with E-state index in [0.29, 0.717) is 36.4 Å². The summed E-state index contributed by atoms with van der Waals surface area (Å²) < 4.78 is 191. The maximum absolute atomic E-state index is 10.6. The summed E-state index contributed by atoms with van der Waals surface area (Å²) in [4.78, 5) is -9.17. The first-order valence-corrected chi connectivity index (χ1v) is 19.0.